The lowest BCUT2D eigenvalue weighted by molar-refractivity contribution is -0.137. The minimum atomic E-state index is -3.61. The number of nitrogens with zero attached hydrogens (tertiary/aromatic N) is 2. The van der Waals surface area contributed by atoms with Gasteiger partial charge >= 0.3 is 5.97 Å². The van der Waals surface area contributed by atoms with E-state index < -0.39 is 16.0 Å². The summed E-state index contributed by atoms with van der Waals surface area (Å²) in [6.45, 7) is 3.20. The van der Waals surface area contributed by atoms with Crippen LogP contribution in [0.2, 0.25) is 0 Å². The van der Waals surface area contributed by atoms with Crippen LogP contribution in [0.5, 0.6) is 0 Å². The van der Waals surface area contributed by atoms with E-state index in [1.165, 1.54) is 40.5 Å². The molecule has 2 rings (SSSR count). The van der Waals surface area contributed by atoms with Crippen molar-refractivity contribution in [2.24, 2.45) is 0 Å². The quantitative estimate of drug-likeness (QED) is 0.799. The van der Waals surface area contributed by atoms with Crippen molar-refractivity contribution in [3.63, 3.8) is 0 Å². The number of carbonyl (C=O) groups is 2. The van der Waals surface area contributed by atoms with Crippen molar-refractivity contribution >= 4 is 21.9 Å². The molecule has 1 aromatic rings. The second-order valence-corrected chi connectivity index (χ2v) is 8.19. The number of carbonyl (C=O) groups excluding carboxylic acids is 1. The van der Waals surface area contributed by atoms with E-state index in [1.807, 2.05) is 0 Å². The SMILES string of the molecule is CC(C)N(C)S(=O)(=O)c1ccc(C(=O)N(CC(=O)O)C2CC2)cc1. The van der Waals surface area contributed by atoms with Gasteiger partial charge in [-0.3, -0.25) is 9.59 Å². The summed E-state index contributed by atoms with van der Waals surface area (Å²) in [6.07, 6.45) is 1.59. The van der Waals surface area contributed by atoms with Gasteiger partial charge in [0.1, 0.15) is 6.54 Å². The van der Waals surface area contributed by atoms with Crippen LogP contribution in [0.15, 0.2) is 29.2 Å². The highest BCUT2D eigenvalue weighted by molar-refractivity contribution is 7.89. The van der Waals surface area contributed by atoms with Gasteiger partial charge in [0.15, 0.2) is 0 Å². The Hall–Kier alpha value is -1.93. The number of carboxylic acids is 1. The third-order valence-electron chi connectivity index (χ3n) is 4.06. The van der Waals surface area contributed by atoms with E-state index in [4.69, 9.17) is 5.11 Å². The van der Waals surface area contributed by atoms with Gasteiger partial charge in [0.2, 0.25) is 10.0 Å². The Morgan fingerprint density at radius 3 is 2.17 bits per heavy atom. The van der Waals surface area contributed by atoms with E-state index in [-0.39, 0.29) is 35.0 Å². The highest BCUT2D eigenvalue weighted by Gasteiger charge is 2.34. The van der Waals surface area contributed by atoms with Crippen molar-refractivity contribution in [2.75, 3.05) is 13.6 Å². The topological polar surface area (TPSA) is 95.0 Å². The Kier molecular flexibility index (Phi) is 5.29. The largest absolute Gasteiger partial charge is 0.480 e. The predicted molar refractivity (Wildman–Crippen MR) is 88.2 cm³/mol. The standard InChI is InChI=1S/C16H22N2O5S/c1-11(2)17(3)24(22,23)14-8-4-12(5-9-14)16(21)18(10-15(19)20)13-6-7-13/h4-5,8-9,11,13H,6-7,10H2,1-3H3,(H,19,20). The molecule has 1 aliphatic carbocycles. The molecule has 24 heavy (non-hydrogen) atoms. The molecule has 0 saturated heterocycles. The Balaban J connectivity index is 2.22. The normalized spacial score (nSPS) is 14.9. The molecule has 1 fully saturated rings. The molecule has 0 aromatic heterocycles. The van der Waals surface area contributed by atoms with Crippen LogP contribution in [0.1, 0.15) is 37.0 Å². The number of rotatable bonds is 7. The highest BCUT2D eigenvalue weighted by Crippen LogP contribution is 2.28. The lowest BCUT2D eigenvalue weighted by Crippen LogP contribution is -2.37. The molecule has 1 saturated carbocycles. The molecule has 8 heteroatoms. The molecule has 1 amide bonds. The molecule has 0 heterocycles. The molecular formula is C16H22N2O5S. The first-order valence-electron chi connectivity index (χ1n) is 7.75. The van der Waals surface area contributed by atoms with Gasteiger partial charge in [0, 0.05) is 24.7 Å². The number of aliphatic carboxylic acids is 1. The zero-order chi connectivity index (χ0) is 18.1. The molecule has 7 nitrogen and oxygen atoms in total. The zero-order valence-electron chi connectivity index (χ0n) is 14.0. The molecule has 0 aliphatic heterocycles. The molecule has 1 N–H and O–H groups in total. The summed E-state index contributed by atoms with van der Waals surface area (Å²) in [5, 5.41) is 8.94. The molecule has 1 aliphatic rings. The predicted octanol–water partition coefficient (Wildman–Crippen LogP) is 1.40. The van der Waals surface area contributed by atoms with Gasteiger partial charge in [-0.2, -0.15) is 4.31 Å². The molecule has 0 atom stereocenters. The Bertz CT molecular complexity index is 723. The van der Waals surface area contributed by atoms with Crippen molar-refractivity contribution in [2.45, 2.75) is 43.7 Å². The van der Waals surface area contributed by atoms with E-state index in [0.717, 1.165) is 12.8 Å². The summed E-state index contributed by atoms with van der Waals surface area (Å²) in [7, 11) is -2.11. The van der Waals surface area contributed by atoms with E-state index in [0.29, 0.717) is 0 Å². The molecule has 1 aromatic carbocycles. The van der Waals surface area contributed by atoms with Crippen molar-refractivity contribution in [3.8, 4) is 0 Å². The number of carboxylic acid groups (broad SMARTS) is 1. The smallest absolute Gasteiger partial charge is 0.323 e. The second-order valence-electron chi connectivity index (χ2n) is 6.20. The van der Waals surface area contributed by atoms with Gasteiger partial charge in [-0.25, -0.2) is 8.42 Å². The number of hydrogen-bond donors (Lipinski definition) is 1. The Labute approximate surface area is 141 Å². The van der Waals surface area contributed by atoms with E-state index >= 15 is 0 Å². The van der Waals surface area contributed by atoms with Crippen molar-refractivity contribution < 1.29 is 23.1 Å². The van der Waals surface area contributed by atoms with Gasteiger partial charge in [-0.15, -0.1) is 0 Å². The van der Waals surface area contributed by atoms with Crippen LogP contribution >= 0.6 is 0 Å². The van der Waals surface area contributed by atoms with E-state index in [1.54, 1.807) is 13.8 Å². The Morgan fingerprint density at radius 1 is 1.21 bits per heavy atom. The monoisotopic (exact) mass is 354 g/mol. The minimum Gasteiger partial charge on any atom is -0.480 e. The summed E-state index contributed by atoms with van der Waals surface area (Å²) < 4.78 is 26.1. The van der Waals surface area contributed by atoms with Gasteiger partial charge in [0.05, 0.1) is 4.90 Å². The van der Waals surface area contributed by atoms with Crippen molar-refractivity contribution in [1.29, 1.82) is 0 Å². The first-order valence-corrected chi connectivity index (χ1v) is 9.19. The molecular weight excluding hydrogens is 332 g/mol. The van der Waals surface area contributed by atoms with Gasteiger partial charge in [-0.1, -0.05) is 0 Å². The second kappa shape index (κ2) is 6.90. The lowest BCUT2D eigenvalue weighted by atomic mass is 10.2. The maximum Gasteiger partial charge on any atom is 0.323 e. The zero-order valence-corrected chi connectivity index (χ0v) is 14.8. The van der Waals surface area contributed by atoms with Crippen LogP contribution in [-0.4, -0.2) is 60.3 Å². The summed E-state index contributed by atoms with van der Waals surface area (Å²) in [6, 6.07) is 5.41. The van der Waals surface area contributed by atoms with Crippen LogP contribution in [0.4, 0.5) is 0 Å². The van der Waals surface area contributed by atoms with Crippen LogP contribution in [-0.2, 0) is 14.8 Å². The Morgan fingerprint density at radius 2 is 1.75 bits per heavy atom. The first kappa shape index (κ1) is 18.4. The van der Waals surface area contributed by atoms with Gasteiger partial charge in [0.25, 0.3) is 5.91 Å². The van der Waals surface area contributed by atoms with Crippen LogP contribution in [0.25, 0.3) is 0 Å². The maximum absolute atomic E-state index is 12.5. The average Bonchev–Trinajstić information content (AvgIpc) is 3.35. The van der Waals surface area contributed by atoms with Gasteiger partial charge < -0.3 is 10.0 Å². The third-order valence-corrected chi connectivity index (χ3v) is 6.11. The van der Waals surface area contributed by atoms with E-state index in [9.17, 15) is 18.0 Å². The molecule has 132 valence electrons. The number of amides is 1. The van der Waals surface area contributed by atoms with Crippen LogP contribution in [0.3, 0.4) is 0 Å². The molecule has 0 radical (unpaired) electrons. The maximum atomic E-state index is 12.5. The highest BCUT2D eigenvalue weighted by atomic mass is 32.2. The van der Waals surface area contributed by atoms with Crippen LogP contribution < -0.4 is 0 Å². The molecule has 0 unspecified atom stereocenters. The van der Waals surface area contributed by atoms with Crippen molar-refractivity contribution in [3.05, 3.63) is 29.8 Å². The fourth-order valence-electron chi connectivity index (χ4n) is 2.28. The summed E-state index contributed by atoms with van der Waals surface area (Å²) in [4.78, 5) is 24.8. The average molecular weight is 354 g/mol. The summed E-state index contributed by atoms with van der Waals surface area (Å²) in [5.41, 5.74) is 0.286. The summed E-state index contributed by atoms with van der Waals surface area (Å²) in [5.74, 6) is -1.45. The number of benzene rings is 1. The molecule has 0 spiro atoms. The van der Waals surface area contributed by atoms with Crippen molar-refractivity contribution in [1.82, 2.24) is 9.21 Å². The first-order chi connectivity index (χ1) is 11.1. The lowest BCUT2D eigenvalue weighted by Gasteiger charge is -2.22. The number of sulfonamides is 1. The number of hydrogen-bond acceptors (Lipinski definition) is 4. The van der Waals surface area contributed by atoms with Crippen LogP contribution in [0, 0.1) is 0 Å². The van der Waals surface area contributed by atoms with Gasteiger partial charge in [-0.05, 0) is 51.0 Å². The third kappa shape index (κ3) is 3.93. The summed E-state index contributed by atoms with van der Waals surface area (Å²) >= 11 is 0. The minimum absolute atomic E-state index is 0.0379. The fourth-order valence-corrected chi connectivity index (χ4v) is 3.65. The fraction of sp³-hybridized carbons (Fsp3) is 0.500. The molecule has 0 bridgehead atoms. The van der Waals surface area contributed by atoms with E-state index in [2.05, 4.69) is 0 Å².